The number of likely N-dealkylation sites (tertiary alicyclic amines) is 1. The number of hydrogen-bond donors (Lipinski definition) is 2. The van der Waals surface area contributed by atoms with Gasteiger partial charge in [0.1, 0.15) is 6.10 Å². The Morgan fingerprint density at radius 1 is 1.02 bits per heavy atom. The Bertz CT molecular complexity index is 1160. The van der Waals surface area contributed by atoms with Crippen LogP contribution in [-0.2, 0) is 16.1 Å². The Kier molecular flexibility index (Phi) is 9.25. The largest absolute Gasteiger partial charge is 0.461 e. The van der Waals surface area contributed by atoms with E-state index in [1.54, 1.807) is 0 Å². The Morgan fingerprint density at radius 2 is 1.77 bits per heavy atom. The molecule has 236 valence electrons. The van der Waals surface area contributed by atoms with E-state index in [9.17, 15) is 9.90 Å². The molecule has 43 heavy (non-hydrogen) atoms. The first-order valence-electron chi connectivity index (χ1n) is 17.4. The van der Waals surface area contributed by atoms with E-state index >= 15 is 0 Å². The van der Waals surface area contributed by atoms with Crippen molar-refractivity contribution in [1.29, 1.82) is 0 Å². The zero-order chi connectivity index (χ0) is 30.1. The molecule has 0 aromatic heterocycles. The minimum absolute atomic E-state index is 0.0185. The molecule has 2 N–H and O–H groups in total. The van der Waals surface area contributed by atoms with Crippen molar-refractivity contribution in [3.63, 3.8) is 0 Å². The average Bonchev–Trinajstić information content (AvgIpc) is 3.35. The molecule has 5 heteroatoms. The zero-order valence-electron chi connectivity index (χ0n) is 27.0. The van der Waals surface area contributed by atoms with E-state index in [0.29, 0.717) is 36.1 Å². The topological polar surface area (TPSA) is 61.8 Å². The van der Waals surface area contributed by atoms with Gasteiger partial charge in [-0.1, -0.05) is 68.5 Å². The monoisotopic (exact) mass is 588 g/mol. The van der Waals surface area contributed by atoms with Gasteiger partial charge in [-0.3, -0.25) is 9.69 Å². The van der Waals surface area contributed by atoms with E-state index in [4.69, 9.17) is 4.74 Å². The van der Waals surface area contributed by atoms with Crippen LogP contribution in [0.1, 0.15) is 90.5 Å². The molecule has 1 aliphatic heterocycles. The highest BCUT2D eigenvalue weighted by Crippen LogP contribution is 2.67. The van der Waals surface area contributed by atoms with Crippen LogP contribution in [0, 0.1) is 40.4 Å². The summed E-state index contributed by atoms with van der Waals surface area (Å²) in [5.41, 5.74) is 0.974. The van der Waals surface area contributed by atoms with Crippen LogP contribution < -0.4 is 5.32 Å². The maximum atomic E-state index is 12.8. The average molecular weight is 589 g/mol. The van der Waals surface area contributed by atoms with Crippen molar-refractivity contribution in [3.05, 3.63) is 60.2 Å². The predicted octanol–water partition coefficient (Wildman–Crippen LogP) is 6.92. The van der Waals surface area contributed by atoms with Crippen molar-refractivity contribution in [2.75, 3.05) is 26.2 Å². The van der Waals surface area contributed by atoms with Gasteiger partial charge in [-0.15, -0.1) is 0 Å². The SMILES string of the molecule is C/C=C/CC1CCC2C1(C)CCC1C3(C)CCC(OC(=O)CNCC4CCN(Cc5ccccc5)CC4)CC3C=C[C@@]12O. The number of nitrogens with zero attached hydrogens (tertiary/aromatic N) is 1. The Balaban J connectivity index is 0.966. The molecule has 5 aliphatic rings. The molecule has 5 nitrogen and oxygen atoms in total. The summed E-state index contributed by atoms with van der Waals surface area (Å²) >= 11 is 0. The molecule has 6 rings (SSSR count). The number of rotatable bonds is 9. The number of carbonyl (C=O) groups excluding carboxylic acids is 1. The fraction of sp³-hybridized carbons (Fsp3) is 0.711. The van der Waals surface area contributed by atoms with Gasteiger partial charge in [-0.25, -0.2) is 0 Å². The number of piperidine rings is 1. The first-order chi connectivity index (χ1) is 20.7. The van der Waals surface area contributed by atoms with Gasteiger partial charge in [0.25, 0.3) is 0 Å². The summed E-state index contributed by atoms with van der Waals surface area (Å²) in [5.74, 6) is 2.19. The summed E-state index contributed by atoms with van der Waals surface area (Å²) in [7, 11) is 0. The van der Waals surface area contributed by atoms with Crippen LogP contribution in [0.5, 0.6) is 0 Å². The summed E-state index contributed by atoms with van der Waals surface area (Å²) in [5, 5.41) is 15.8. The van der Waals surface area contributed by atoms with Gasteiger partial charge in [-0.05, 0) is 137 Å². The number of esters is 1. The van der Waals surface area contributed by atoms with Crippen LogP contribution in [0.2, 0.25) is 0 Å². The number of carbonyl (C=O) groups is 1. The molecule has 0 radical (unpaired) electrons. The van der Waals surface area contributed by atoms with Crippen LogP contribution in [0.15, 0.2) is 54.6 Å². The van der Waals surface area contributed by atoms with Crippen LogP contribution in [0.25, 0.3) is 0 Å². The normalized spacial score (nSPS) is 39.8. The summed E-state index contributed by atoms with van der Waals surface area (Å²) in [6.07, 6.45) is 20.0. The summed E-state index contributed by atoms with van der Waals surface area (Å²) < 4.78 is 6.04. The minimum Gasteiger partial charge on any atom is -0.461 e. The summed E-state index contributed by atoms with van der Waals surface area (Å²) in [6.45, 7) is 11.5. The lowest BCUT2D eigenvalue weighted by Crippen LogP contribution is -2.62. The Morgan fingerprint density at radius 3 is 2.53 bits per heavy atom. The van der Waals surface area contributed by atoms with Gasteiger partial charge in [0.2, 0.25) is 0 Å². The highest BCUT2D eigenvalue weighted by atomic mass is 16.5. The number of fused-ring (bicyclic) bond motifs is 5. The number of benzene rings is 1. The van der Waals surface area contributed by atoms with Gasteiger partial charge >= 0.3 is 5.97 Å². The summed E-state index contributed by atoms with van der Waals surface area (Å²) in [6, 6.07) is 10.7. The molecule has 7 unspecified atom stereocenters. The summed E-state index contributed by atoms with van der Waals surface area (Å²) in [4.78, 5) is 15.4. The Hall–Kier alpha value is -1.95. The Labute approximate surface area is 260 Å². The highest BCUT2D eigenvalue weighted by Gasteiger charge is 2.65. The molecule has 0 bridgehead atoms. The predicted molar refractivity (Wildman–Crippen MR) is 173 cm³/mol. The molecule has 1 heterocycles. The van der Waals surface area contributed by atoms with Crippen molar-refractivity contribution >= 4 is 5.97 Å². The van der Waals surface area contributed by atoms with Crippen LogP contribution >= 0.6 is 0 Å². The molecule has 4 aliphatic carbocycles. The zero-order valence-corrected chi connectivity index (χ0v) is 27.0. The van der Waals surface area contributed by atoms with Crippen molar-refractivity contribution in [2.45, 2.75) is 103 Å². The van der Waals surface area contributed by atoms with E-state index in [1.165, 1.54) is 31.2 Å². The lowest BCUT2D eigenvalue weighted by molar-refractivity contribution is -0.180. The molecule has 0 amide bonds. The standard InChI is InChI=1S/C38H56N2O3/c1-4-5-11-30-12-13-33-36(30,2)20-16-34-37(3)19-15-32(24-31(37)14-21-38(33,34)42)43-35(41)26-39-25-28-17-22-40(23-18-28)27-29-9-7-6-8-10-29/h4-10,14,21,28,30-34,39,42H,11-13,15-20,22-27H2,1-3H3/b5-4+/t30?,31?,32?,33?,34?,36?,37?,38-/m0/s1. The maximum absolute atomic E-state index is 12.8. The van der Waals surface area contributed by atoms with Gasteiger partial charge < -0.3 is 15.2 Å². The second-order valence-corrected chi connectivity index (χ2v) is 15.3. The molecule has 4 fully saturated rings. The number of aliphatic hydroxyl groups is 1. The fourth-order valence-electron chi connectivity index (χ4n) is 10.4. The second-order valence-electron chi connectivity index (χ2n) is 15.3. The quantitative estimate of drug-likeness (QED) is 0.242. The third kappa shape index (κ3) is 6.16. The molecule has 8 atom stereocenters. The third-order valence-corrected chi connectivity index (χ3v) is 13.0. The van der Waals surface area contributed by atoms with Crippen molar-refractivity contribution in [1.82, 2.24) is 10.2 Å². The number of allylic oxidation sites excluding steroid dienone is 3. The second kappa shape index (κ2) is 12.8. The van der Waals surface area contributed by atoms with Crippen molar-refractivity contribution in [2.24, 2.45) is 40.4 Å². The van der Waals surface area contributed by atoms with E-state index in [2.05, 4.69) is 85.6 Å². The fourth-order valence-corrected chi connectivity index (χ4v) is 10.4. The highest BCUT2D eigenvalue weighted by molar-refractivity contribution is 5.71. The van der Waals surface area contributed by atoms with Gasteiger partial charge in [0, 0.05) is 6.54 Å². The van der Waals surface area contributed by atoms with Crippen LogP contribution in [-0.4, -0.2) is 53.9 Å². The smallest absolute Gasteiger partial charge is 0.320 e. The molecular weight excluding hydrogens is 532 g/mol. The van der Waals surface area contributed by atoms with E-state index in [1.807, 2.05) is 0 Å². The number of hydrogen-bond acceptors (Lipinski definition) is 5. The molecular formula is C38H56N2O3. The van der Waals surface area contributed by atoms with Gasteiger partial charge in [0.15, 0.2) is 0 Å². The van der Waals surface area contributed by atoms with Crippen LogP contribution in [0.3, 0.4) is 0 Å². The van der Waals surface area contributed by atoms with Gasteiger partial charge in [-0.2, -0.15) is 0 Å². The van der Waals surface area contributed by atoms with E-state index in [0.717, 1.165) is 64.7 Å². The third-order valence-electron chi connectivity index (χ3n) is 13.0. The first kappa shape index (κ1) is 31.0. The number of nitrogens with one attached hydrogen (secondary N) is 1. The first-order valence-corrected chi connectivity index (χ1v) is 17.4. The number of ether oxygens (including phenoxy) is 1. The molecule has 1 aromatic carbocycles. The van der Waals surface area contributed by atoms with E-state index in [-0.39, 0.29) is 22.9 Å². The molecule has 1 aromatic rings. The molecule has 1 saturated heterocycles. The van der Waals surface area contributed by atoms with Crippen molar-refractivity contribution < 1.29 is 14.6 Å². The van der Waals surface area contributed by atoms with Gasteiger partial charge in [0.05, 0.1) is 12.1 Å². The van der Waals surface area contributed by atoms with Crippen molar-refractivity contribution in [3.8, 4) is 0 Å². The minimum atomic E-state index is -0.700. The molecule has 3 saturated carbocycles. The molecule has 0 spiro atoms. The maximum Gasteiger partial charge on any atom is 0.320 e. The van der Waals surface area contributed by atoms with E-state index < -0.39 is 5.60 Å². The lowest BCUT2D eigenvalue weighted by Gasteiger charge is -2.62. The van der Waals surface area contributed by atoms with Crippen LogP contribution in [0.4, 0.5) is 0 Å². The lowest BCUT2D eigenvalue weighted by atomic mass is 9.45.